The SMILES string of the molecule is c1ccc(-n2ncc3c2CCCC3)nc1. The smallest absolute Gasteiger partial charge is 0.153 e. The van der Waals surface area contributed by atoms with Gasteiger partial charge in [0.2, 0.25) is 0 Å². The third-order valence-corrected chi connectivity index (χ3v) is 2.93. The molecule has 0 radical (unpaired) electrons. The summed E-state index contributed by atoms with van der Waals surface area (Å²) in [5, 5.41) is 4.42. The van der Waals surface area contributed by atoms with Gasteiger partial charge in [-0.3, -0.25) is 0 Å². The van der Waals surface area contributed by atoms with Crippen molar-refractivity contribution in [3.8, 4) is 5.82 Å². The van der Waals surface area contributed by atoms with E-state index in [4.69, 9.17) is 0 Å². The Labute approximate surface area is 88.8 Å². The van der Waals surface area contributed by atoms with Gasteiger partial charge in [0.1, 0.15) is 0 Å². The first-order chi connectivity index (χ1) is 7.45. The number of aryl methyl sites for hydroxylation is 1. The summed E-state index contributed by atoms with van der Waals surface area (Å²) in [6.45, 7) is 0. The molecular formula is C12H13N3. The van der Waals surface area contributed by atoms with E-state index in [-0.39, 0.29) is 0 Å². The highest BCUT2D eigenvalue weighted by Gasteiger charge is 2.15. The van der Waals surface area contributed by atoms with Gasteiger partial charge in [-0.1, -0.05) is 6.07 Å². The third kappa shape index (κ3) is 1.44. The van der Waals surface area contributed by atoms with Crippen LogP contribution in [0.5, 0.6) is 0 Å². The van der Waals surface area contributed by atoms with Crippen molar-refractivity contribution in [2.75, 3.05) is 0 Å². The van der Waals surface area contributed by atoms with E-state index in [0.717, 1.165) is 12.2 Å². The summed E-state index contributed by atoms with van der Waals surface area (Å²) < 4.78 is 1.98. The Kier molecular flexibility index (Phi) is 2.02. The largest absolute Gasteiger partial charge is 0.237 e. The van der Waals surface area contributed by atoms with Gasteiger partial charge < -0.3 is 0 Å². The van der Waals surface area contributed by atoms with Crippen LogP contribution in [0, 0.1) is 0 Å². The monoisotopic (exact) mass is 199 g/mol. The zero-order valence-corrected chi connectivity index (χ0v) is 8.56. The second-order valence-electron chi connectivity index (χ2n) is 3.92. The lowest BCUT2D eigenvalue weighted by Gasteiger charge is -2.12. The molecule has 0 bridgehead atoms. The molecule has 0 saturated carbocycles. The van der Waals surface area contributed by atoms with Crippen LogP contribution in [0.25, 0.3) is 5.82 Å². The molecule has 0 spiro atoms. The number of aromatic nitrogens is 3. The van der Waals surface area contributed by atoms with Crippen molar-refractivity contribution in [3.05, 3.63) is 41.9 Å². The lowest BCUT2D eigenvalue weighted by Crippen LogP contribution is -2.08. The lowest BCUT2D eigenvalue weighted by atomic mass is 9.98. The molecular weight excluding hydrogens is 186 g/mol. The average Bonchev–Trinajstić information content (AvgIpc) is 2.74. The van der Waals surface area contributed by atoms with Crippen LogP contribution in [0.15, 0.2) is 30.6 Å². The summed E-state index contributed by atoms with van der Waals surface area (Å²) in [5.41, 5.74) is 2.74. The zero-order valence-electron chi connectivity index (χ0n) is 8.56. The average molecular weight is 199 g/mol. The topological polar surface area (TPSA) is 30.7 Å². The van der Waals surface area contributed by atoms with Crippen LogP contribution < -0.4 is 0 Å². The molecule has 0 fully saturated rings. The first kappa shape index (κ1) is 8.65. The first-order valence-corrected chi connectivity index (χ1v) is 5.42. The fourth-order valence-electron chi connectivity index (χ4n) is 2.17. The maximum absolute atomic E-state index is 4.42. The molecule has 1 aliphatic rings. The number of pyridine rings is 1. The molecule has 2 aromatic heterocycles. The van der Waals surface area contributed by atoms with Crippen molar-refractivity contribution >= 4 is 0 Å². The van der Waals surface area contributed by atoms with Crippen molar-refractivity contribution in [1.82, 2.24) is 14.8 Å². The molecule has 0 atom stereocenters. The number of nitrogens with zero attached hydrogens (tertiary/aromatic N) is 3. The van der Waals surface area contributed by atoms with Crippen LogP contribution in [0.4, 0.5) is 0 Å². The minimum Gasteiger partial charge on any atom is -0.237 e. The molecule has 2 heterocycles. The summed E-state index contributed by atoms with van der Waals surface area (Å²) in [5.74, 6) is 0.931. The highest BCUT2D eigenvalue weighted by Crippen LogP contribution is 2.22. The summed E-state index contributed by atoms with van der Waals surface area (Å²) in [7, 11) is 0. The quantitative estimate of drug-likeness (QED) is 0.704. The normalized spacial score (nSPS) is 14.9. The van der Waals surface area contributed by atoms with Crippen LogP contribution in [0.1, 0.15) is 24.1 Å². The van der Waals surface area contributed by atoms with E-state index in [0.29, 0.717) is 0 Å². The molecule has 15 heavy (non-hydrogen) atoms. The van der Waals surface area contributed by atoms with Gasteiger partial charge in [0.25, 0.3) is 0 Å². The highest BCUT2D eigenvalue weighted by atomic mass is 15.3. The highest BCUT2D eigenvalue weighted by molar-refractivity contribution is 5.30. The summed E-state index contributed by atoms with van der Waals surface area (Å²) in [6.07, 6.45) is 8.66. The molecule has 0 unspecified atom stereocenters. The van der Waals surface area contributed by atoms with Gasteiger partial charge in [0.05, 0.1) is 6.20 Å². The summed E-state index contributed by atoms with van der Waals surface area (Å²) >= 11 is 0. The molecule has 0 N–H and O–H groups in total. The maximum atomic E-state index is 4.42. The Bertz CT molecular complexity index is 459. The van der Waals surface area contributed by atoms with Crippen molar-refractivity contribution in [3.63, 3.8) is 0 Å². The van der Waals surface area contributed by atoms with Crippen molar-refractivity contribution in [2.24, 2.45) is 0 Å². The number of fused-ring (bicyclic) bond motifs is 1. The minimum atomic E-state index is 0.931. The standard InChI is InChI=1S/C12H13N3/c1-2-6-11-10(5-1)9-14-15(11)12-7-3-4-8-13-12/h3-4,7-9H,1-2,5-6H2. The Morgan fingerprint density at radius 2 is 2.07 bits per heavy atom. The predicted molar refractivity (Wildman–Crippen MR) is 58.0 cm³/mol. The molecule has 1 aliphatic carbocycles. The predicted octanol–water partition coefficient (Wildman–Crippen LogP) is 2.15. The molecule has 0 saturated heterocycles. The van der Waals surface area contributed by atoms with Gasteiger partial charge in [-0.15, -0.1) is 0 Å². The number of hydrogen-bond donors (Lipinski definition) is 0. The molecule has 2 aromatic rings. The Balaban J connectivity index is 2.09. The van der Waals surface area contributed by atoms with E-state index < -0.39 is 0 Å². The van der Waals surface area contributed by atoms with Gasteiger partial charge in [-0.05, 0) is 43.4 Å². The Morgan fingerprint density at radius 3 is 2.93 bits per heavy atom. The van der Waals surface area contributed by atoms with Gasteiger partial charge in [-0.25, -0.2) is 9.67 Å². The minimum absolute atomic E-state index is 0.931. The first-order valence-electron chi connectivity index (χ1n) is 5.42. The Hall–Kier alpha value is -1.64. The van der Waals surface area contributed by atoms with Gasteiger partial charge in [0, 0.05) is 11.9 Å². The second-order valence-corrected chi connectivity index (χ2v) is 3.92. The van der Waals surface area contributed by atoms with Crippen molar-refractivity contribution < 1.29 is 0 Å². The van der Waals surface area contributed by atoms with Gasteiger partial charge in [-0.2, -0.15) is 5.10 Å². The van der Waals surface area contributed by atoms with Crippen molar-refractivity contribution in [1.29, 1.82) is 0 Å². The van der Waals surface area contributed by atoms with E-state index >= 15 is 0 Å². The van der Waals surface area contributed by atoms with Crippen molar-refractivity contribution in [2.45, 2.75) is 25.7 Å². The molecule has 76 valence electrons. The molecule has 3 heteroatoms. The van der Waals surface area contributed by atoms with Gasteiger partial charge in [0.15, 0.2) is 5.82 Å². The Morgan fingerprint density at radius 1 is 1.13 bits per heavy atom. The van der Waals surface area contributed by atoms with Crippen LogP contribution in [0.2, 0.25) is 0 Å². The van der Waals surface area contributed by atoms with Crippen LogP contribution in [-0.2, 0) is 12.8 Å². The molecule has 3 nitrogen and oxygen atoms in total. The maximum Gasteiger partial charge on any atom is 0.153 e. The number of rotatable bonds is 1. The molecule has 0 aromatic carbocycles. The zero-order chi connectivity index (χ0) is 10.1. The fourth-order valence-corrected chi connectivity index (χ4v) is 2.17. The third-order valence-electron chi connectivity index (χ3n) is 2.93. The van der Waals surface area contributed by atoms with E-state index in [1.807, 2.05) is 35.3 Å². The summed E-state index contributed by atoms with van der Waals surface area (Å²) in [4.78, 5) is 4.33. The van der Waals surface area contributed by atoms with E-state index in [1.54, 1.807) is 0 Å². The van der Waals surface area contributed by atoms with E-state index in [1.165, 1.54) is 30.5 Å². The van der Waals surface area contributed by atoms with Gasteiger partial charge >= 0.3 is 0 Å². The molecule has 3 rings (SSSR count). The molecule has 0 amide bonds. The van der Waals surface area contributed by atoms with Crippen LogP contribution >= 0.6 is 0 Å². The van der Waals surface area contributed by atoms with Crippen LogP contribution in [-0.4, -0.2) is 14.8 Å². The van der Waals surface area contributed by atoms with E-state index in [9.17, 15) is 0 Å². The fraction of sp³-hybridized carbons (Fsp3) is 0.333. The van der Waals surface area contributed by atoms with E-state index in [2.05, 4.69) is 10.1 Å². The number of hydrogen-bond acceptors (Lipinski definition) is 2. The van der Waals surface area contributed by atoms with Crippen LogP contribution in [0.3, 0.4) is 0 Å². The summed E-state index contributed by atoms with van der Waals surface area (Å²) in [6, 6.07) is 5.93. The second kappa shape index (κ2) is 3.50. The lowest BCUT2D eigenvalue weighted by molar-refractivity contribution is 0.649. The molecule has 0 aliphatic heterocycles.